The van der Waals surface area contributed by atoms with Crippen molar-refractivity contribution in [2.75, 3.05) is 0 Å². The molecular weight excluding hydrogens is 240 g/mol. The Balaban J connectivity index is 0.000000423. The minimum atomic E-state index is -4.02. The summed E-state index contributed by atoms with van der Waals surface area (Å²) in [5.74, 6) is 0. The first-order valence-electron chi connectivity index (χ1n) is 3.85. The van der Waals surface area contributed by atoms with Crippen LogP contribution in [0, 0.1) is 6.92 Å². The Bertz CT molecular complexity index is 404. The fourth-order valence-corrected chi connectivity index (χ4v) is 1.19. The van der Waals surface area contributed by atoms with Gasteiger partial charge in [-0.3, -0.25) is 4.55 Å². The zero-order chi connectivity index (χ0) is 11.9. The van der Waals surface area contributed by atoms with Gasteiger partial charge in [-0.2, -0.15) is 8.42 Å². The monoisotopic (exact) mass is 250 g/mol. The van der Waals surface area contributed by atoms with E-state index in [2.05, 4.69) is 0 Å². The van der Waals surface area contributed by atoms with E-state index in [9.17, 15) is 8.42 Å². The van der Waals surface area contributed by atoms with E-state index in [1.54, 1.807) is 12.1 Å². The first-order chi connectivity index (χ1) is 6.91. The highest BCUT2D eigenvalue weighted by atomic mass is 35.5. The molecule has 0 aliphatic heterocycles. The van der Waals surface area contributed by atoms with Gasteiger partial charge in [0.15, 0.2) is 0 Å². The van der Waals surface area contributed by atoms with Crippen LogP contribution in [0.3, 0.4) is 0 Å². The highest BCUT2D eigenvalue weighted by Crippen LogP contribution is 2.08. The highest BCUT2D eigenvalue weighted by Gasteiger charge is 2.06. The first-order valence-corrected chi connectivity index (χ1v) is 5.73. The summed E-state index contributed by atoms with van der Waals surface area (Å²) in [5, 5.41) is 7.56. The average Bonchev–Trinajstić information content (AvgIpc) is 2.17. The van der Waals surface area contributed by atoms with Gasteiger partial charge < -0.3 is 5.11 Å². The van der Waals surface area contributed by atoms with Gasteiger partial charge >= 0.3 is 0 Å². The Morgan fingerprint density at radius 2 is 1.67 bits per heavy atom. The highest BCUT2D eigenvalue weighted by molar-refractivity contribution is 7.85. The number of rotatable bonds is 1. The summed E-state index contributed by atoms with van der Waals surface area (Å²) in [4.78, 5) is -0.0666. The van der Waals surface area contributed by atoms with Crippen molar-refractivity contribution in [1.29, 1.82) is 0 Å². The van der Waals surface area contributed by atoms with E-state index in [-0.39, 0.29) is 4.90 Å². The minimum Gasteiger partial charge on any atom is -0.515 e. The third kappa shape index (κ3) is 6.11. The number of aliphatic hydroxyl groups is 1. The molecule has 0 saturated carbocycles. The molecule has 0 fully saturated rings. The predicted molar refractivity (Wildman–Crippen MR) is 58.6 cm³/mol. The molecule has 0 spiro atoms. The molecule has 0 aromatic heterocycles. The van der Waals surface area contributed by atoms with Crippen molar-refractivity contribution in [3.63, 3.8) is 0 Å². The Kier molecular flexibility index (Phi) is 6.00. The van der Waals surface area contributed by atoms with Crippen LogP contribution in [-0.4, -0.2) is 18.1 Å². The van der Waals surface area contributed by atoms with Crippen molar-refractivity contribution in [3.8, 4) is 0 Å². The fraction of sp³-hybridized carbons (Fsp3) is 0.111. The van der Waals surface area contributed by atoms with Crippen molar-refractivity contribution in [2.24, 2.45) is 0 Å². The number of halogens is 1. The van der Waals surface area contributed by atoms with E-state index in [4.69, 9.17) is 21.3 Å². The molecule has 0 unspecified atom stereocenters. The zero-order valence-electron chi connectivity index (χ0n) is 7.96. The third-order valence-corrected chi connectivity index (χ3v) is 2.36. The van der Waals surface area contributed by atoms with E-state index < -0.39 is 10.1 Å². The lowest BCUT2D eigenvalue weighted by molar-refractivity contribution is 0.475. The van der Waals surface area contributed by atoms with Crippen LogP contribution in [0.1, 0.15) is 5.56 Å². The molecule has 15 heavy (non-hydrogen) atoms. The van der Waals surface area contributed by atoms with Crippen LogP contribution in [0.4, 0.5) is 0 Å². The van der Waals surface area contributed by atoms with Crippen molar-refractivity contribution in [1.82, 2.24) is 0 Å². The molecule has 2 N–H and O–H groups in total. The molecule has 1 rings (SSSR count). The molecule has 0 saturated heterocycles. The van der Waals surface area contributed by atoms with Crippen LogP contribution >= 0.6 is 11.6 Å². The number of aryl methyl sites for hydroxylation is 1. The van der Waals surface area contributed by atoms with E-state index in [1.807, 2.05) is 6.92 Å². The summed E-state index contributed by atoms with van der Waals surface area (Å²) in [6.45, 7) is 1.84. The standard InChI is InChI=1S/C7H8O3S.C2H3ClO/c1-6-2-4-7(5-3-6)11(8,9)10;3-1-2-4/h2-5H,1H3,(H,8,9,10);1-2,4H. The van der Waals surface area contributed by atoms with Crippen LogP contribution in [0.2, 0.25) is 0 Å². The van der Waals surface area contributed by atoms with Crippen LogP contribution in [0.15, 0.2) is 41.0 Å². The molecule has 0 heterocycles. The minimum absolute atomic E-state index is 0.0666. The smallest absolute Gasteiger partial charge is 0.294 e. The number of hydrogen-bond donors (Lipinski definition) is 2. The second-order valence-electron chi connectivity index (χ2n) is 2.56. The molecular formula is C9H11ClO4S. The molecule has 0 aliphatic rings. The Labute approximate surface area is 93.6 Å². The maximum absolute atomic E-state index is 10.5. The van der Waals surface area contributed by atoms with Gasteiger partial charge in [0, 0.05) is 5.54 Å². The van der Waals surface area contributed by atoms with Gasteiger partial charge in [0.05, 0.1) is 11.2 Å². The van der Waals surface area contributed by atoms with Gasteiger partial charge in [-0.1, -0.05) is 29.3 Å². The molecule has 0 radical (unpaired) electrons. The van der Waals surface area contributed by atoms with E-state index in [0.717, 1.165) is 17.4 Å². The summed E-state index contributed by atoms with van der Waals surface area (Å²) < 4.78 is 29.6. The second-order valence-corrected chi connectivity index (χ2v) is 4.24. The fourth-order valence-electron chi connectivity index (χ4n) is 0.710. The van der Waals surface area contributed by atoms with Gasteiger partial charge in [0.2, 0.25) is 0 Å². The lowest BCUT2D eigenvalue weighted by atomic mass is 10.2. The summed E-state index contributed by atoms with van der Waals surface area (Å²) >= 11 is 4.76. The largest absolute Gasteiger partial charge is 0.515 e. The molecule has 0 amide bonds. The summed E-state index contributed by atoms with van der Waals surface area (Å²) in [5.41, 5.74) is 1.98. The molecule has 84 valence electrons. The number of benzene rings is 1. The molecule has 1 aromatic rings. The van der Waals surface area contributed by atoms with Crippen LogP contribution in [-0.2, 0) is 10.1 Å². The Hall–Kier alpha value is -1.04. The third-order valence-electron chi connectivity index (χ3n) is 1.38. The van der Waals surface area contributed by atoms with Crippen molar-refractivity contribution in [2.45, 2.75) is 11.8 Å². The summed E-state index contributed by atoms with van der Waals surface area (Å²) in [6.07, 6.45) is 0.765. The molecule has 6 heteroatoms. The first kappa shape index (κ1) is 14.0. The quantitative estimate of drug-likeness (QED) is 0.593. The lowest BCUT2D eigenvalue weighted by Crippen LogP contribution is -1.96. The topological polar surface area (TPSA) is 74.6 Å². The van der Waals surface area contributed by atoms with Gasteiger partial charge in [-0.15, -0.1) is 0 Å². The second kappa shape index (κ2) is 6.44. The Morgan fingerprint density at radius 3 is 1.93 bits per heavy atom. The van der Waals surface area contributed by atoms with Crippen molar-refractivity contribution < 1.29 is 18.1 Å². The van der Waals surface area contributed by atoms with Crippen LogP contribution < -0.4 is 0 Å². The predicted octanol–water partition coefficient (Wildman–Crippen LogP) is 2.50. The number of hydrogen-bond acceptors (Lipinski definition) is 3. The van der Waals surface area contributed by atoms with Crippen LogP contribution in [0.25, 0.3) is 0 Å². The van der Waals surface area contributed by atoms with Gasteiger partial charge in [-0.25, -0.2) is 0 Å². The normalized spacial score (nSPS) is 10.9. The van der Waals surface area contributed by atoms with E-state index in [0.29, 0.717) is 0 Å². The van der Waals surface area contributed by atoms with Crippen molar-refractivity contribution in [3.05, 3.63) is 41.6 Å². The number of aliphatic hydroxyl groups excluding tert-OH is 1. The molecule has 0 aliphatic carbocycles. The summed E-state index contributed by atoms with van der Waals surface area (Å²) in [7, 11) is -4.02. The van der Waals surface area contributed by atoms with E-state index in [1.165, 1.54) is 12.1 Å². The zero-order valence-corrected chi connectivity index (χ0v) is 9.53. The van der Waals surface area contributed by atoms with Gasteiger partial charge in [0.25, 0.3) is 10.1 Å². The van der Waals surface area contributed by atoms with Crippen LogP contribution in [0.5, 0.6) is 0 Å². The van der Waals surface area contributed by atoms with Gasteiger partial charge in [0.1, 0.15) is 0 Å². The molecule has 0 atom stereocenters. The maximum Gasteiger partial charge on any atom is 0.294 e. The van der Waals surface area contributed by atoms with Gasteiger partial charge in [-0.05, 0) is 19.1 Å². The lowest BCUT2D eigenvalue weighted by Gasteiger charge is -1.95. The van der Waals surface area contributed by atoms with Crippen molar-refractivity contribution >= 4 is 21.7 Å². The SMILES string of the molecule is Cc1ccc(S(=O)(=O)O)cc1.OC=CCl. The maximum atomic E-state index is 10.5. The Morgan fingerprint density at radius 1 is 1.27 bits per heavy atom. The summed E-state index contributed by atoms with van der Waals surface area (Å²) in [6, 6.07) is 5.99. The molecule has 0 bridgehead atoms. The molecule has 1 aromatic carbocycles. The average molecular weight is 251 g/mol. The molecule has 4 nitrogen and oxygen atoms in total. The van der Waals surface area contributed by atoms with E-state index >= 15 is 0 Å².